The third kappa shape index (κ3) is 4.23. The van der Waals surface area contributed by atoms with Crippen LogP contribution in [0.3, 0.4) is 0 Å². The lowest BCUT2D eigenvalue weighted by Crippen LogP contribution is -2.12. The van der Waals surface area contributed by atoms with Gasteiger partial charge in [0.1, 0.15) is 29.3 Å². The van der Waals surface area contributed by atoms with E-state index in [0.29, 0.717) is 10.9 Å². The van der Waals surface area contributed by atoms with Gasteiger partial charge < -0.3 is 18.6 Å². The Balaban J connectivity index is 2.79. The molecule has 0 N–H and O–H groups in total. The van der Waals surface area contributed by atoms with Crippen molar-refractivity contribution in [2.24, 2.45) is 0 Å². The van der Waals surface area contributed by atoms with E-state index in [2.05, 4.69) is 0 Å². The second kappa shape index (κ2) is 7.16. The first-order valence-electron chi connectivity index (χ1n) is 7.29. The van der Waals surface area contributed by atoms with Crippen molar-refractivity contribution in [2.75, 3.05) is 0 Å². The van der Waals surface area contributed by atoms with Gasteiger partial charge in [-0.05, 0) is 13.0 Å². The monoisotopic (exact) mass is 348 g/mol. The zero-order valence-electron chi connectivity index (χ0n) is 14.1. The normalized spacial score (nSPS) is 10.4. The van der Waals surface area contributed by atoms with Gasteiger partial charge in [0.2, 0.25) is 0 Å². The number of aryl methyl sites for hydroxylation is 1. The Morgan fingerprint density at radius 3 is 2.20 bits per heavy atom. The first kappa shape index (κ1) is 18.2. The quantitative estimate of drug-likeness (QED) is 0.610. The van der Waals surface area contributed by atoms with Crippen molar-refractivity contribution in [1.82, 2.24) is 0 Å². The van der Waals surface area contributed by atoms with Crippen molar-refractivity contribution in [3.05, 3.63) is 33.9 Å². The summed E-state index contributed by atoms with van der Waals surface area (Å²) in [6.45, 7) is 4.99. The Hall–Kier alpha value is -3.16. The summed E-state index contributed by atoms with van der Waals surface area (Å²) in [4.78, 5) is 45.9. The molecule has 0 aliphatic heterocycles. The van der Waals surface area contributed by atoms with Crippen molar-refractivity contribution < 1.29 is 33.0 Å². The molecule has 132 valence electrons. The van der Waals surface area contributed by atoms with Crippen LogP contribution in [0.2, 0.25) is 0 Å². The molecule has 1 aromatic carbocycles. The van der Waals surface area contributed by atoms with E-state index in [1.54, 1.807) is 0 Å². The van der Waals surface area contributed by atoms with Crippen LogP contribution in [-0.4, -0.2) is 17.9 Å². The van der Waals surface area contributed by atoms with Gasteiger partial charge in [0, 0.05) is 37.8 Å². The van der Waals surface area contributed by atoms with Crippen LogP contribution in [0.4, 0.5) is 0 Å². The first-order chi connectivity index (χ1) is 11.7. The lowest BCUT2D eigenvalue weighted by molar-refractivity contribution is -0.142. The van der Waals surface area contributed by atoms with Crippen LogP contribution in [0.5, 0.6) is 11.5 Å². The van der Waals surface area contributed by atoms with Crippen molar-refractivity contribution in [2.45, 2.75) is 34.3 Å². The van der Waals surface area contributed by atoms with E-state index in [4.69, 9.17) is 18.6 Å². The summed E-state index contributed by atoms with van der Waals surface area (Å²) in [5.74, 6) is -1.58. The topological polar surface area (TPSA) is 109 Å². The standard InChI is InChI=1S/C17H16O8/c1-8-14(7-22-9(2)18)13-5-12(24-10(3)19)6-15(25-11(4)20)16(13)17(21)23-8/h5-6H,7H2,1-4H3. The Bertz CT molecular complexity index is 922. The van der Waals surface area contributed by atoms with E-state index >= 15 is 0 Å². The highest BCUT2D eigenvalue weighted by Gasteiger charge is 2.19. The van der Waals surface area contributed by atoms with Crippen LogP contribution in [0.25, 0.3) is 10.8 Å². The molecule has 2 aromatic rings. The van der Waals surface area contributed by atoms with E-state index in [-0.39, 0.29) is 29.3 Å². The Kier molecular flexibility index (Phi) is 5.21. The Morgan fingerprint density at radius 1 is 1.00 bits per heavy atom. The van der Waals surface area contributed by atoms with Gasteiger partial charge in [-0.25, -0.2) is 4.79 Å². The molecule has 2 rings (SSSR count). The van der Waals surface area contributed by atoms with Gasteiger partial charge in [0.05, 0.1) is 0 Å². The summed E-state index contributed by atoms with van der Waals surface area (Å²) in [7, 11) is 0. The van der Waals surface area contributed by atoms with E-state index < -0.39 is 23.5 Å². The van der Waals surface area contributed by atoms with Gasteiger partial charge in [0.25, 0.3) is 0 Å². The van der Waals surface area contributed by atoms with Crippen LogP contribution >= 0.6 is 0 Å². The summed E-state index contributed by atoms with van der Waals surface area (Å²) < 4.78 is 20.2. The van der Waals surface area contributed by atoms with Crippen molar-refractivity contribution in [3.8, 4) is 11.5 Å². The zero-order valence-corrected chi connectivity index (χ0v) is 14.1. The maximum absolute atomic E-state index is 12.3. The van der Waals surface area contributed by atoms with Gasteiger partial charge in [-0.3, -0.25) is 14.4 Å². The van der Waals surface area contributed by atoms with Crippen LogP contribution in [0.15, 0.2) is 21.3 Å². The molecule has 0 radical (unpaired) electrons. The lowest BCUT2D eigenvalue weighted by atomic mass is 10.0. The molecule has 0 atom stereocenters. The predicted molar refractivity (Wildman–Crippen MR) is 85.3 cm³/mol. The average molecular weight is 348 g/mol. The fourth-order valence-electron chi connectivity index (χ4n) is 2.29. The molecule has 25 heavy (non-hydrogen) atoms. The number of esters is 3. The third-order valence-electron chi connectivity index (χ3n) is 3.21. The van der Waals surface area contributed by atoms with Crippen molar-refractivity contribution in [1.29, 1.82) is 0 Å². The largest absolute Gasteiger partial charge is 0.461 e. The molecule has 0 aliphatic carbocycles. The molecule has 0 spiro atoms. The molecule has 1 aromatic heterocycles. The summed E-state index contributed by atoms with van der Waals surface area (Å²) in [6, 6.07) is 2.67. The Labute approximate surface area is 142 Å². The highest BCUT2D eigenvalue weighted by molar-refractivity contribution is 5.93. The number of rotatable bonds is 4. The molecule has 0 amide bonds. The van der Waals surface area contributed by atoms with Crippen LogP contribution in [-0.2, 0) is 25.7 Å². The molecule has 0 fully saturated rings. The molecule has 0 aliphatic rings. The lowest BCUT2D eigenvalue weighted by Gasteiger charge is -2.13. The molecular formula is C17H16O8. The van der Waals surface area contributed by atoms with E-state index in [0.717, 1.165) is 0 Å². The zero-order chi connectivity index (χ0) is 18.7. The molecule has 0 saturated carbocycles. The third-order valence-corrected chi connectivity index (χ3v) is 3.21. The van der Waals surface area contributed by atoms with Gasteiger partial charge in [0.15, 0.2) is 0 Å². The minimum absolute atomic E-state index is 0.0149. The fraction of sp³-hybridized carbons (Fsp3) is 0.294. The second-order valence-electron chi connectivity index (χ2n) is 5.24. The molecule has 8 nitrogen and oxygen atoms in total. The maximum Gasteiger partial charge on any atom is 0.347 e. The van der Waals surface area contributed by atoms with Crippen LogP contribution in [0.1, 0.15) is 32.1 Å². The van der Waals surface area contributed by atoms with E-state index in [1.807, 2.05) is 0 Å². The molecule has 0 saturated heterocycles. The van der Waals surface area contributed by atoms with E-state index in [9.17, 15) is 19.2 Å². The summed E-state index contributed by atoms with van der Waals surface area (Å²) in [5, 5.41) is 0.281. The summed E-state index contributed by atoms with van der Waals surface area (Å²) in [5.41, 5.74) is -0.336. The van der Waals surface area contributed by atoms with Gasteiger partial charge in [-0.2, -0.15) is 0 Å². The first-order valence-corrected chi connectivity index (χ1v) is 7.29. The number of hydrogen-bond donors (Lipinski definition) is 0. The number of ether oxygens (including phenoxy) is 3. The number of hydrogen-bond acceptors (Lipinski definition) is 8. The van der Waals surface area contributed by atoms with Crippen LogP contribution < -0.4 is 15.1 Å². The molecular weight excluding hydrogens is 332 g/mol. The van der Waals surface area contributed by atoms with Gasteiger partial charge in [-0.15, -0.1) is 0 Å². The molecule has 0 unspecified atom stereocenters. The molecule has 1 heterocycles. The molecule has 8 heteroatoms. The average Bonchev–Trinajstić information content (AvgIpc) is 2.44. The molecule has 0 bridgehead atoms. The van der Waals surface area contributed by atoms with Crippen molar-refractivity contribution in [3.63, 3.8) is 0 Å². The number of carbonyl (C=O) groups excluding carboxylic acids is 3. The SMILES string of the molecule is CC(=O)OCc1c(C)oc(=O)c2c(OC(C)=O)cc(OC(C)=O)cc12. The fourth-order valence-corrected chi connectivity index (χ4v) is 2.29. The Morgan fingerprint density at radius 2 is 1.64 bits per heavy atom. The highest BCUT2D eigenvalue weighted by Crippen LogP contribution is 2.33. The number of fused-ring (bicyclic) bond motifs is 1. The summed E-state index contributed by atoms with van der Waals surface area (Å²) in [6.07, 6.45) is 0. The smallest absolute Gasteiger partial charge is 0.347 e. The van der Waals surface area contributed by atoms with Gasteiger partial charge >= 0.3 is 23.5 Å². The van der Waals surface area contributed by atoms with Crippen LogP contribution in [0, 0.1) is 6.92 Å². The van der Waals surface area contributed by atoms with E-state index in [1.165, 1.54) is 39.8 Å². The minimum Gasteiger partial charge on any atom is -0.461 e. The second-order valence-corrected chi connectivity index (χ2v) is 5.24. The minimum atomic E-state index is -0.732. The van der Waals surface area contributed by atoms with Gasteiger partial charge in [-0.1, -0.05) is 0 Å². The summed E-state index contributed by atoms with van der Waals surface area (Å²) >= 11 is 0. The number of benzene rings is 1. The maximum atomic E-state index is 12.3. The van der Waals surface area contributed by atoms with Crippen molar-refractivity contribution >= 4 is 28.7 Å². The number of carbonyl (C=O) groups is 3. The predicted octanol–water partition coefficient (Wildman–Crippen LogP) is 2.02. The highest BCUT2D eigenvalue weighted by atomic mass is 16.5.